The number of methoxy groups -OCH3 is 2. The molecule has 4 rings (SSSR count). The monoisotopic (exact) mass is 548 g/mol. The van der Waals surface area contributed by atoms with Crippen LogP contribution in [0.1, 0.15) is 57.9 Å². The van der Waals surface area contributed by atoms with Crippen molar-refractivity contribution in [2.75, 3.05) is 20.8 Å². The second-order valence-electron chi connectivity index (χ2n) is 9.70. The molecule has 0 atom stereocenters. The fraction of sp³-hybridized carbons (Fsp3) is 0.300. The standard InChI is InChI=1S/C30H33ClN4O4/c1-19(2)14-16-34(30(37)22-12-13-25(38-3)28(39-4)27(22)31)18-23-24(35-15-8-7-11-26(35)33-23)17-20-9-5-6-10-21(20)29(32)36/h5-13,15,19H,14,16-18H2,1-4H3,(H2,32,36). The molecule has 0 unspecified atom stereocenters. The highest BCUT2D eigenvalue weighted by molar-refractivity contribution is 6.35. The summed E-state index contributed by atoms with van der Waals surface area (Å²) in [5.41, 5.74) is 9.59. The highest BCUT2D eigenvalue weighted by atomic mass is 35.5. The first-order chi connectivity index (χ1) is 18.7. The van der Waals surface area contributed by atoms with E-state index in [1.165, 1.54) is 14.2 Å². The second kappa shape index (κ2) is 12.2. The average molecular weight is 549 g/mol. The van der Waals surface area contributed by atoms with Crippen molar-refractivity contribution in [2.24, 2.45) is 11.7 Å². The third-order valence-electron chi connectivity index (χ3n) is 6.67. The van der Waals surface area contributed by atoms with Crippen molar-refractivity contribution in [3.63, 3.8) is 0 Å². The number of halogens is 1. The number of hydrogen-bond acceptors (Lipinski definition) is 5. The molecule has 204 valence electrons. The Hall–Kier alpha value is -4.04. The maximum atomic E-state index is 13.9. The predicted octanol–water partition coefficient (Wildman–Crippen LogP) is 5.38. The Morgan fingerprint density at radius 1 is 1.03 bits per heavy atom. The van der Waals surface area contributed by atoms with E-state index in [4.69, 9.17) is 31.8 Å². The van der Waals surface area contributed by atoms with Gasteiger partial charge in [0, 0.05) is 24.7 Å². The van der Waals surface area contributed by atoms with Gasteiger partial charge in [-0.05, 0) is 48.2 Å². The van der Waals surface area contributed by atoms with Crippen LogP contribution in [0.15, 0.2) is 60.8 Å². The number of primary amides is 1. The smallest absolute Gasteiger partial charge is 0.255 e. The molecule has 0 fully saturated rings. The molecule has 2 aromatic carbocycles. The van der Waals surface area contributed by atoms with Gasteiger partial charge >= 0.3 is 0 Å². The van der Waals surface area contributed by atoms with Gasteiger partial charge in [0.2, 0.25) is 5.91 Å². The Morgan fingerprint density at radius 2 is 1.77 bits per heavy atom. The molecule has 2 amide bonds. The number of benzene rings is 2. The van der Waals surface area contributed by atoms with Gasteiger partial charge in [-0.3, -0.25) is 9.59 Å². The molecule has 0 spiro atoms. The molecule has 0 saturated heterocycles. The van der Waals surface area contributed by atoms with E-state index in [2.05, 4.69) is 13.8 Å². The maximum absolute atomic E-state index is 13.9. The van der Waals surface area contributed by atoms with Crippen molar-refractivity contribution >= 4 is 29.1 Å². The van der Waals surface area contributed by atoms with E-state index >= 15 is 0 Å². The fourth-order valence-electron chi connectivity index (χ4n) is 4.58. The Balaban J connectivity index is 1.77. The predicted molar refractivity (Wildman–Crippen MR) is 152 cm³/mol. The third kappa shape index (κ3) is 6.01. The first-order valence-corrected chi connectivity index (χ1v) is 13.1. The van der Waals surface area contributed by atoms with E-state index < -0.39 is 5.91 Å². The molecule has 2 N–H and O–H groups in total. The number of ether oxygens (including phenoxy) is 2. The molecular weight excluding hydrogens is 516 g/mol. The molecule has 0 radical (unpaired) electrons. The fourth-order valence-corrected chi connectivity index (χ4v) is 4.89. The van der Waals surface area contributed by atoms with E-state index in [1.807, 2.05) is 40.9 Å². The third-order valence-corrected chi connectivity index (χ3v) is 7.05. The molecule has 0 aliphatic rings. The number of amides is 2. The molecule has 0 bridgehead atoms. The van der Waals surface area contributed by atoms with Crippen LogP contribution in [0.2, 0.25) is 5.02 Å². The summed E-state index contributed by atoms with van der Waals surface area (Å²) in [4.78, 5) is 32.7. The minimum atomic E-state index is -0.488. The number of fused-ring (bicyclic) bond motifs is 1. The van der Waals surface area contributed by atoms with Crippen molar-refractivity contribution in [2.45, 2.75) is 33.2 Å². The molecule has 4 aromatic rings. The van der Waals surface area contributed by atoms with Crippen LogP contribution in [0.25, 0.3) is 5.65 Å². The Morgan fingerprint density at radius 3 is 2.46 bits per heavy atom. The zero-order valence-corrected chi connectivity index (χ0v) is 23.4. The van der Waals surface area contributed by atoms with Crippen molar-refractivity contribution in [3.05, 3.63) is 93.9 Å². The van der Waals surface area contributed by atoms with Gasteiger partial charge in [0.15, 0.2) is 11.5 Å². The summed E-state index contributed by atoms with van der Waals surface area (Å²) in [7, 11) is 3.01. The summed E-state index contributed by atoms with van der Waals surface area (Å²) in [5.74, 6) is 0.415. The Kier molecular flexibility index (Phi) is 8.76. The molecule has 39 heavy (non-hydrogen) atoms. The van der Waals surface area contributed by atoms with Gasteiger partial charge in [-0.1, -0.05) is 49.7 Å². The molecule has 2 heterocycles. The maximum Gasteiger partial charge on any atom is 0.255 e. The lowest BCUT2D eigenvalue weighted by atomic mass is 10.0. The zero-order valence-electron chi connectivity index (χ0n) is 22.6. The lowest BCUT2D eigenvalue weighted by Crippen LogP contribution is -2.33. The summed E-state index contributed by atoms with van der Waals surface area (Å²) in [6.07, 6.45) is 3.15. The summed E-state index contributed by atoms with van der Waals surface area (Å²) >= 11 is 6.63. The van der Waals surface area contributed by atoms with Crippen molar-refractivity contribution < 1.29 is 19.1 Å². The summed E-state index contributed by atoms with van der Waals surface area (Å²) in [6, 6.07) is 16.4. The normalized spacial score (nSPS) is 11.1. The minimum Gasteiger partial charge on any atom is -0.493 e. The largest absolute Gasteiger partial charge is 0.493 e. The number of nitrogens with zero attached hydrogens (tertiary/aromatic N) is 3. The van der Waals surface area contributed by atoms with Crippen LogP contribution >= 0.6 is 11.6 Å². The van der Waals surface area contributed by atoms with Crippen LogP contribution in [-0.4, -0.2) is 46.9 Å². The van der Waals surface area contributed by atoms with Gasteiger partial charge < -0.3 is 24.5 Å². The van der Waals surface area contributed by atoms with E-state index in [9.17, 15) is 9.59 Å². The number of hydrogen-bond donors (Lipinski definition) is 1. The average Bonchev–Trinajstić information content (AvgIpc) is 3.27. The van der Waals surface area contributed by atoms with Gasteiger partial charge in [0.05, 0.1) is 42.7 Å². The Labute approximate surface area is 233 Å². The minimum absolute atomic E-state index is 0.196. The van der Waals surface area contributed by atoms with Crippen molar-refractivity contribution in [1.29, 1.82) is 0 Å². The molecule has 9 heteroatoms. The first kappa shape index (κ1) is 28.0. The summed E-state index contributed by atoms with van der Waals surface area (Å²) < 4.78 is 12.8. The SMILES string of the molecule is COc1ccc(C(=O)N(CCC(C)C)Cc2nc3ccccn3c2Cc2ccccc2C(N)=O)c(Cl)c1OC. The summed E-state index contributed by atoms with van der Waals surface area (Å²) in [6.45, 7) is 4.99. The summed E-state index contributed by atoms with van der Waals surface area (Å²) in [5, 5.41) is 0.196. The second-order valence-corrected chi connectivity index (χ2v) is 10.1. The van der Waals surface area contributed by atoms with Crippen LogP contribution in [0.5, 0.6) is 11.5 Å². The van der Waals surface area contributed by atoms with Crippen molar-refractivity contribution in [3.8, 4) is 11.5 Å². The zero-order chi connectivity index (χ0) is 28.1. The van der Waals surface area contributed by atoms with Gasteiger partial charge in [-0.15, -0.1) is 0 Å². The van der Waals surface area contributed by atoms with Crippen LogP contribution in [0.3, 0.4) is 0 Å². The van der Waals surface area contributed by atoms with Crippen LogP contribution < -0.4 is 15.2 Å². The number of rotatable bonds is 11. The number of nitrogens with two attached hydrogens (primary N) is 1. The van der Waals surface area contributed by atoms with Crippen LogP contribution in [0, 0.1) is 5.92 Å². The lowest BCUT2D eigenvalue weighted by Gasteiger charge is -2.25. The number of imidazole rings is 1. The van der Waals surface area contributed by atoms with E-state index in [-0.39, 0.29) is 17.5 Å². The molecular formula is C30H33ClN4O4. The van der Waals surface area contributed by atoms with Gasteiger partial charge in [-0.2, -0.15) is 0 Å². The molecule has 0 saturated carbocycles. The topological polar surface area (TPSA) is 99.2 Å². The molecule has 8 nitrogen and oxygen atoms in total. The van der Waals surface area contributed by atoms with Crippen LogP contribution in [-0.2, 0) is 13.0 Å². The highest BCUT2D eigenvalue weighted by Crippen LogP contribution is 2.38. The first-order valence-electron chi connectivity index (χ1n) is 12.8. The number of aromatic nitrogens is 2. The number of carbonyl (C=O) groups excluding carboxylic acids is 2. The van der Waals surface area contributed by atoms with Gasteiger partial charge in [0.25, 0.3) is 5.91 Å². The van der Waals surface area contributed by atoms with Crippen molar-refractivity contribution in [1.82, 2.24) is 14.3 Å². The number of carbonyl (C=O) groups is 2. The number of pyridine rings is 1. The lowest BCUT2D eigenvalue weighted by molar-refractivity contribution is 0.0733. The van der Waals surface area contributed by atoms with E-state index in [0.29, 0.717) is 41.5 Å². The molecule has 0 aliphatic heterocycles. The quantitative estimate of drug-likeness (QED) is 0.271. The van der Waals surface area contributed by atoms with Gasteiger partial charge in [0.1, 0.15) is 5.65 Å². The molecule has 2 aromatic heterocycles. The van der Waals surface area contributed by atoms with Gasteiger partial charge in [-0.25, -0.2) is 4.98 Å². The highest BCUT2D eigenvalue weighted by Gasteiger charge is 2.25. The molecule has 0 aliphatic carbocycles. The Bertz CT molecular complexity index is 1500. The van der Waals surface area contributed by atoms with E-state index in [0.717, 1.165) is 29.0 Å². The van der Waals surface area contributed by atoms with E-state index in [1.54, 1.807) is 29.2 Å². The van der Waals surface area contributed by atoms with Crippen LogP contribution in [0.4, 0.5) is 0 Å².